The molecule has 1 aliphatic carbocycles. The molecule has 1 aromatic heterocycles. The number of hydrogen-bond donors (Lipinski definition) is 1. The predicted octanol–water partition coefficient (Wildman–Crippen LogP) is 3.60. The fraction of sp³-hybridized carbons (Fsp3) is 0.367. The molecule has 0 bridgehead atoms. The van der Waals surface area contributed by atoms with Crippen LogP contribution in [-0.4, -0.2) is 66.9 Å². The van der Waals surface area contributed by atoms with Gasteiger partial charge in [0.05, 0.1) is 28.9 Å². The number of likely N-dealkylation sites (N-methyl/N-ethyl adjacent to an activating group) is 1. The number of anilines is 1. The van der Waals surface area contributed by atoms with Crippen molar-refractivity contribution in [2.75, 3.05) is 23.1 Å². The molecule has 4 unspecified atom stereocenters. The van der Waals surface area contributed by atoms with E-state index in [1.807, 2.05) is 6.07 Å². The Morgan fingerprint density at radius 1 is 1.14 bits per heavy atom. The third-order valence-corrected chi connectivity index (χ3v) is 9.43. The summed E-state index contributed by atoms with van der Waals surface area (Å²) in [6, 6.07) is 12.7. The fourth-order valence-corrected chi connectivity index (χ4v) is 7.30. The maximum atomic E-state index is 14.1. The second kappa shape index (κ2) is 11.2. The van der Waals surface area contributed by atoms with Crippen molar-refractivity contribution < 1.29 is 31.8 Å². The number of aromatic nitrogens is 2. The molecule has 3 amide bonds. The van der Waals surface area contributed by atoms with Crippen LogP contribution >= 0.6 is 0 Å². The maximum absolute atomic E-state index is 14.1. The number of alkyl halides is 3. The molecule has 3 aromatic rings. The molecule has 6 rings (SSSR count). The number of carbonyl (C=O) groups excluding carboxylic acids is 3. The van der Waals surface area contributed by atoms with E-state index in [4.69, 9.17) is 0 Å². The van der Waals surface area contributed by atoms with Gasteiger partial charge in [0.15, 0.2) is 5.69 Å². The number of nitrogens with one attached hydrogen (secondary N) is 1. The molecule has 3 aliphatic rings. The second-order valence-corrected chi connectivity index (χ2v) is 12.4. The number of rotatable bonds is 6. The van der Waals surface area contributed by atoms with Crippen molar-refractivity contribution in [2.45, 2.75) is 43.9 Å². The van der Waals surface area contributed by atoms with Crippen LogP contribution in [0.3, 0.4) is 0 Å². The van der Waals surface area contributed by atoms with Gasteiger partial charge < -0.3 is 10.2 Å². The van der Waals surface area contributed by atoms with Crippen molar-refractivity contribution in [1.82, 2.24) is 20.0 Å². The number of benzene rings is 2. The van der Waals surface area contributed by atoms with Gasteiger partial charge in [0, 0.05) is 34.4 Å². The van der Waals surface area contributed by atoms with Crippen LogP contribution in [0.4, 0.5) is 19.0 Å². The Labute approximate surface area is 252 Å². The number of hydrogen-bond acceptors (Lipinski definition) is 6. The van der Waals surface area contributed by atoms with E-state index < -0.39 is 58.3 Å². The van der Waals surface area contributed by atoms with E-state index in [0.717, 1.165) is 18.2 Å². The van der Waals surface area contributed by atoms with Crippen LogP contribution in [0.15, 0.2) is 54.6 Å². The highest BCUT2D eigenvalue weighted by molar-refractivity contribution is 7.85. The largest absolute Gasteiger partial charge is 0.416 e. The van der Waals surface area contributed by atoms with E-state index >= 15 is 0 Å². The van der Waals surface area contributed by atoms with Crippen LogP contribution in [0.2, 0.25) is 0 Å². The Bertz CT molecular complexity index is 1720. The summed E-state index contributed by atoms with van der Waals surface area (Å²) in [5.74, 6) is -2.60. The third kappa shape index (κ3) is 5.15. The van der Waals surface area contributed by atoms with Gasteiger partial charge in [-0.25, -0.2) is 4.68 Å². The summed E-state index contributed by atoms with van der Waals surface area (Å²) in [6.07, 6.45) is -3.28. The van der Waals surface area contributed by atoms with Crippen molar-refractivity contribution >= 4 is 34.3 Å². The van der Waals surface area contributed by atoms with Gasteiger partial charge in [-0.1, -0.05) is 24.3 Å². The number of fused-ring (bicyclic) bond motifs is 1. The maximum Gasteiger partial charge on any atom is 0.416 e. The molecule has 44 heavy (non-hydrogen) atoms. The lowest BCUT2D eigenvalue weighted by Crippen LogP contribution is -2.56. The topological polar surface area (TPSA) is 128 Å². The Morgan fingerprint density at radius 2 is 1.86 bits per heavy atom. The first kappa shape index (κ1) is 29.6. The summed E-state index contributed by atoms with van der Waals surface area (Å²) in [5.41, 5.74) is -0.306. The van der Waals surface area contributed by atoms with E-state index in [2.05, 4.69) is 10.4 Å². The fourth-order valence-electron chi connectivity index (χ4n) is 5.98. The van der Waals surface area contributed by atoms with Gasteiger partial charge in [-0.2, -0.15) is 23.5 Å². The van der Waals surface area contributed by atoms with Crippen molar-refractivity contribution in [2.24, 2.45) is 5.92 Å². The SMILES string of the molecule is CCN1C(=O)C(NC(=O)c2cccc(C(F)(F)F)c2)C(C2CC2)c2c(C(=O)N3CS(=O)CC3C#N)nn(-c3ccccc3)c21. The zero-order valence-electron chi connectivity index (χ0n) is 23.5. The average molecular weight is 625 g/mol. The zero-order chi connectivity index (χ0) is 31.3. The Morgan fingerprint density at radius 3 is 2.50 bits per heavy atom. The number of amides is 3. The number of halogens is 3. The molecule has 1 saturated heterocycles. The van der Waals surface area contributed by atoms with Crippen molar-refractivity contribution in [3.63, 3.8) is 0 Å². The molecule has 10 nitrogen and oxygen atoms in total. The van der Waals surface area contributed by atoms with Crippen LogP contribution in [0.1, 0.15) is 57.7 Å². The first-order chi connectivity index (χ1) is 21.0. The van der Waals surface area contributed by atoms with Gasteiger partial charge in [-0.15, -0.1) is 0 Å². The lowest BCUT2D eigenvalue weighted by atomic mass is 9.82. The molecule has 1 saturated carbocycles. The van der Waals surface area contributed by atoms with Crippen LogP contribution < -0.4 is 10.2 Å². The second-order valence-electron chi connectivity index (χ2n) is 11.0. The van der Waals surface area contributed by atoms with Crippen molar-refractivity contribution in [3.8, 4) is 11.8 Å². The normalized spacial score (nSPS) is 23.3. The third-order valence-electron chi connectivity index (χ3n) is 8.18. The minimum Gasteiger partial charge on any atom is -0.340 e. The molecule has 3 heterocycles. The van der Waals surface area contributed by atoms with E-state index in [-0.39, 0.29) is 35.3 Å². The van der Waals surface area contributed by atoms with Gasteiger partial charge >= 0.3 is 6.18 Å². The number of para-hydroxylation sites is 1. The number of nitrogens with zero attached hydrogens (tertiary/aromatic N) is 5. The first-order valence-corrected chi connectivity index (χ1v) is 15.6. The standard InChI is InChI=1S/C30H27F3N6O4S/c1-2-37-27-23(25(36-39(27)20-9-4-3-5-10-20)29(42)38-16-44(43)15-21(38)14-34)22(17-11-12-17)24(28(37)41)35-26(40)18-7-6-8-19(13-18)30(31,32)33/h3-10,13,17,21-22,24H,2,11-12,15-16H2,1H3,(H,35,40). The first-order valence-electron chi connectivity index (χ1n) is 14.1. The van der Waals surface area contributed by atoms with Crippen LogP contribution in [0.5, 0.6) is 0 Å². The van der Waals surface area contributed by atoms with Gasteiger partial charge in [0.1, 0.15) is 17.9 Å². The van der Waals surface area contributed by atoms with Crippen LogP contribution in [0, 0.1) is 17.2 Å². The number of carbonyl (C=O) groups is 3. The smallest absolute Gasteiger partial charge is 0.340 e. The summed E-state index contributed by atoms with van der Waals surface area (Å²) < 4.78 is 54.0. The Hall–Kier alpha value is -4.51. The minimum atomic E-state index is -4.66. The van der Waals surface area contributed by atoms with Crippen LogP contribution in [-0.2, 0) is 21.8 Å². The molecule has 1 N–H and O–H groups in total. The number of nitriles is 1. The molecular weight excluding hydrogens is 597 g/mol. The van der Waals surface area contributed by atoms with Crippen molar-refractivity contribution in [3.05, 3.63) is 77.0 Å². The lowest BCUT2D eigenvalue weighted by Gasteiger charge is -2.38. The molecule has 228 valence electrons. The molecule has 2 aromatic carbocycles. The lowest BCUT2D eigenvalue weighted by molar-refractivity contribution is -0.137. The summed E-state index contributed by atoms with van der Waals surface area (Å²) in [4.78, 5) is 44.2. The van der Waals surface area contributed by atoms with Crippen LogP contribution in [0.25, 0.3) is 5.69 Å². The summed E-state index contributed by atoms with van der Waals surface area (Å²) in [7, 11) is -1.43. The Balaban J connectivity index is 1.49. The van der Waals surface area contributed by atoms with E-state index in [9.17, 15) is 37.0 Å². The van der Waals surface area contributed by atoms with Gasteiger partial charge in [-0.05, 0) is 56.0 Å². The monoisotopic (exact) mass is 624 g/mol. The van der Waals surface area contributed by atoms with Crippen molar-refractivity contribution in [1.29, 1.82) is 5.26 Å². The summed E-state index contributed by atoms with van der Waals surface area (Å²) in [5, 5.41) is 17.1. The average Bonchev–Trinajstić information content (AvgIpc) is 3.67. The molecule has 2 fully saturated rings. The molecule has 2 aliphatic heterocycles. The minimum absolute atomic E-state index is 0.00508. The van der Waals surface area contributed by atoms with E-state index in [0.29, 0.717) is 29.9 Å². The summed E-state index contributed by atoms with van der Waals surface area (Å²) in [6.45, 7) is 1.86. The zero-order valence-corrected chi connectivity index (χ0v) is 24.3. The molecule has 14 heteroatoms. The molecular formula is C30H27F3N6O4S. The Kier molecular flexibility index (Phi) is 7.53. The quantitative estimate of drug-likeness (QED) is 0.447. The highest BCUT2D eigenvalue weighted by Crippen LogP contribution is 2.51. The van der Waals surface area contributed by atoms with Gasteiger partial charge in [0.25, 0.3) is 17.7 Å². The predicted molar refractivity (Wildman–Crippen MR) is 153 cm³/mol. The van der Waals surface area contributed by atoms with E-state index in [1.54, 1.807) is 37.3 Å². The van der Waals surface area contributed by atoms with Gasteiger partial charge in [-0.3, -0.25) is 23.5 Å². The molecule has 4 atom stereocenters. The van der Waals surface area contributed by atoms with E-state index in [1.165, 1.54) is 20.5 Å². The highest BCUT2D eigenvalue weighted by Gasteiger charge is 2.52. The van der Waals surface area contributed by atoms with Gasteiger partial charge in [0.2, 0.25) is 0 Å². The summed E-state index contributed by atoms with van der Waals surface area (Å²) >= 11 is 0. The molecule has 0 spiro atoms. The highest BCUT2D eigenvalue weighted by atomic mass is 32.2. The molecule has 0 radical (unpaired) electrons.